The lowest BCUT2D eigenvalue weighted by Crippen LogP contribution is -2.28. The Morgan fingerprint density at radius 2 is 2.00 bits per heavy atom. The van der Waals surface area contributed by atoms with Crippen LogP contribution in [-0.2, 0) is 9.59 Å². The molecular formula is C21H19N5O2S. The van der Waals surface area contributed by atoms with Crippen molar-refractivity contribution in [2.75, 3.05) is 5.32 Å². The molecule has 3 N–H and O–H groups in total. The first-order chi connectivity index (χ1) is 14.1. The number of anilines is 1. The SMILES string of the molecule is Cc1ccc(NC(=O)CC2SC(=NN=Cc3c[nH]c4ccccc34)NC2=O)cc1. The third-order valence-corrected chi connectivity index (χ3v) is 5.52. The van der Waals surface area contributed by atoms with E-state index in [9.17, 15) is 9.59 Å². The van der Waals surface area contributed by atoms with E-state index >= 15 is 0 Å². The molecule has 0 radical (unpaired) electrons. The summed E-state index contributed by atoms with van der Waals surface area (Å²) in [6.07, 6.45) is 3.55. The minimum atomic E-state index is -0.525. The van der Waals surface area contributed by atoms with Crippen LogP contribution in [0.5, 0.6) is 0 Å². The van der Waals surface area contributed by atoms with Gasteiger partial charge in [-0.05, 0) is 25.1 Å². The van der Waals surface area contributed by atoms with Gasteiger partial charge >= 0.3 is 0 Å². The Labute approximate surface area is 171 Å². The lowest BCUT2D eigenvalue weighted by atomic mass is 10.2. The number of para-hydroxylation sites is 1. The first-order valence-corrected chi connectivity index (χ1v) is 9.97. The highest BCUT2D eigenvalue weighted by atomic mass is 32.2. The van der Waals surface area contributed by atoms with E-state index in [1.807, 2.05) is 61.7 Å². The minimum absolute atomic E-state index is 0.0650. The zero-order valence-electron chi connectivity index (χ0n) is 15.7. The highest BCUT2D eigenvalue weighted by Crippen LogP contribution is 2.23. The van der Waals surface area contributed by atoms with Crippen LogP contribution in [0.15, 0.2) is 64.9 Å². The average molecular weight is 405 g/mol. The monoisotopic (exact) mass is 405 g/mol. The summed E-state index contributed by atoms with van der Waals surface area (Å²) in [6.45, 7) is 1.98. The van der Waals surface area contributed by atoms with E-state index in [2.05, 4.69) is 25.8 Å². The summed E-state index contributed by atoms with van der Waals surface area (Å²) in [5.74, 6) is -0.458. The standard InChI is InChI=1S/C21H19N5O2S/c1-13-6-8-15(9-7-13)24-19(27)10-18-20(28)25-21(29-18)26-23-12-14-11-22-17-5-3-2-4-16(14)17/h2-9,11-12,18,22H,10H2,1H3,(H,24,27)(H,25,26,28). The van der Waals surface area contributed by atoms with Gasteiger partial charge < -0.3 is 15.6 Å². The van der Waals surface area contributed by atoms with Gasteiger partial charge in [-0.15, -0.1) is 5.10 Å². The molecule has 4 rings (SSSR count). The van der Waals surface area contributed by atoms with Crippen molar-refractivity contribution in [3.05, 3.63) is 65.9 Å². The van der Waals surface area contributed by atoms with Gasteiger partial charge in [0.05, 0.1) is 6.21 Å². The van der Waals surface area contributed by atoms with Crippen LogP contribution in [0, 0.1) is 6.92 Å². The first-order valence-electron chi connectivity index (χ1n) is 9.10. The summed E-state index contributed by atoms with van der Waals surface area (Å²) < 4.78 is 0. The lowest BCUT2D eigenvalue weighted by Gasteiger charge is -2.07. The highest BCUT2D eigenvalue weighted by Gasteiger charge is 2.32. The molecule has 3 aromatic rings. The third-order valence-electron chi connectivity index (χ3n) is 4.45. The highest BCUT2D eigenvalue weighted by molar-refractivity contribution is 8.15. The molecule has 1 saturated heterocycles. The fourth-order valence-corrected chi connectivity index (χ4v) is 3.87. The van der Waals surface area contributed by atoms with E-state index in [-0.39, 0.29) is 18.2 Å². The molecule has 2 aromatic carbocycles. The zero-order chi connectivity index (χ0) is 20.2. The predicted octanol–water partition coefficient (Wildman–Crippen LogP) is 3.43. The number of hydrogen-bond donors (Lipinski definition) is 3. The van der Waals surface area contributed by atoms with Crippen LogP contribution < -0.4 is 10.6 Å². The fraction of sp³-hybridized carbons (Fsp3) is 0.143. The van der Waals surface area contributed by atoms with Crippen molar-refractivity contribution < 1.29 is 9.59 Å². The molecular weight excluding hydrogens is 386 g/mol. The third kappa shape index (κ3) is 4.55. The molecule has 8 heteroatoms. The van der Waals surface area contributed by atoms with Gasteiger partial charge in [-0.3, -0.25) is 9.59 Å². The summed E-state index contributed by atoms with van der Waals surface area (Å²) >= 11 is 1.21. The summed E-state index contributed by atoms with van der Waals surface area (Å²) in [4.78, 5) is 27.5. The number of hydrogen-bond acceptors (Lipinski definition) is 5. The number of fused-ring (bicyclic) bond motifs is 1. The molecule has 2 amide bonds. The molecule has 1 aromatic heterocycles. The Kier molecular flexibility index (Phi) is 5.44. The number of amides is 2. The van der Waals surface area contributed by atoms with Crippen LogP contribution >= 0.6 is 11.8 Å². The Balaban J connectivity index is 1.35. The Morgan fingerprint density at radius 3 is 2.83 bits per heavy atom. The number of benzene rings is 2. The summed E-state index contributed by atoms with van der Waals surface area (Å²) in [5, 5.41) is 14.5. The van der Waals surface area contributed by atoms with Crippen LogP contribution in [-0.4, -0.2) is 33.4 Å². The number of nitrogens with one attached hydrogen (secondary N) is 3. The van der Waals surface area contributed by atoms with Crippen LogP contribution in [0.2, 0.25) is 0 Å². The number of carbonyl (C=O) groups is 2. The summed E-state index contributed by atoms with van der Waals surface area (Å²) in [5.41, 5.74) is 3.75. The van der Waals surface area contributed by atoms with Crippen molar-refractivity contribution in [1.29, 1.82) is 0 Å². The number of aryl methyl sites for hydroxylation is 1. The van der Waals surface area contributed by atoms with Crippen LogP contribution in [0.1, 0.15) is 17.5 Å². The first kappa shape index (κ1) is 18.9. The van der Waals surface area contributed by atoms with Gasteiger partial charge in [-0.2, -0.15) is 5.10 Å². The number of rotatable bonds is 5. The van der Waals surface area contributed by atoms with E-state index in [4.69, 9.17) is 0 Å². The normalized spacial score (nSPS) is 17.9. The van der Waals surface area contributed by atoms with E-state index in [0.29, 0.717) is 10.9 Å². The van der Waals surface area contributed by atoms with E-state index in [0.717, 1.165) is 22.0 Å². The summed E-state index contributed by atoms with van der Waals surface area (Å²) in [6, 6.07) is 15.4. The lowest BCUT2D eigenvalue weighted by molar-refractivity contribution is -0.122. The fourth-order valence-electron chi connectivity index (χ4n) is 2.95. The second-order valence-electron chi connectivity index (χ2n) is 6.65. The Bertz CT molecular complexity index is 1120. The van der Waals surface area contributed by atoms with Crippen LogP contribution in [0.3, 0.4) is 0 Å². The maximum absolute atomic E-state index is 12.2. The quantitative estimate of drug-likeness (QED) is 0.448. The van der Waals surface area contributed by atoms with Gasteiger partial charge in [-0.1, -0.05) is 47.7 Å². The zero-order valence-corrected chi connectivity index (χ0v) is 16.5. The number of aromatic nitrogens is 1. The molecule has 29 heavy (non-hydrogen) atoms. The van der Waals surface area contributed by atoms with Crippen molar-refractivity contribution in [2.24, 2.45) is 10.2 Å². The van der Waals surface area contributed by atoms with E-state index in [1.54, 1.807) is 6.21 Å². The maximum atomic E-state index is 12.2. The van der Waals surface area contributed by atoms with Crippen molar-refractivity contribution in [3.63, 3.8) is 0 Å². The van der Waals surface area contributed by atoms with Crippen molar-refractivity contribution in [3.8, 4) is 0 Å². The molecule has 1 aliphatic rings. The molecule has 1 unspecified atom stereocenters. The van der Waals surface area contributed by atoms with E-state index < -0.39 is 5.25 Å². The molecule has 0 saturated carbocycles. The second kappa shape index (κ2) is 8.32. The molecule has 146 valence electrons. The van der Waals surface area contributed by atoms with Crippen molar-refractivity contribution in [2.45, 2.75) is 18.6 Å². The van der Waals surface area contributed by atoms with Crippen molar-refractivity contribution in [1.82, 2.24) is 10.3 Å². The van der Waals surface area contributed by atoms with Gasteiger partial charge in [0.1, 0.15) is 5.25 Å². The molecule has 0 aliphatic carbocycles. The molecule has 7 nitrogen and oxygen atoms in total. The Hall–Kier alpha value is -3.39. The predicted molar refractivity (Wildman–Crippen MR) is 117 cm³/mol. The second-order valence-corrected chi connectivity index (χ2v) is 7.84. The smallest absolute Gasteiger partial charge is 0.240 e. The number of nitrogens with zero attached hydrogens (tertiary/aromatic N) is 2. The molecule has 0 bridgehead atoms. The van der Waals surface area contributed by atoms with Gasteiger partial charge in [0.2, 0.25) is 11.8 Å². The molecule has 2 heterocycles. The topological polar surface area (TPSA) is 98.7 Å². The van der Waals surface area contributed by atoms with Crippen molar-refractivity contribution >= 4 is 51.5 Å². The number of H-pyrrole nitrogens is 1. The molecule has 1 fully saturated rings. The van der Waals surface area contributed by atoms with E-state index in [1.165, 1.54) is 11.8 Å². The Morgan fingerprint density at radius 1 is 1.21 bits per heavy atom. The molecule has 0 spiro atoms. The number of thioether (sulfide) groups is 1. The number of carbonyl (C=O) groups excluding carboxylic acids is 2. The van der Waals surface area contributed by atoms with Gasteiger partial charge in [0.15, 0.2) is 5.17 Å². The number of aromatic amines is 1. The van der Waals surface area contributed by atoms with Gasteiger partial charge in [0, 0.05) is 34.8 Å². The molecule has 1 atom stereocenters. The largest absolute Gasteiger partial charge is 0.361 e. The molecule has 1 aliphatic heterocycles. The minimum Gasteiger partial charge on any atom is -0.361 e. The van der Waals surface area contributed by atoms with Gasteiger partial charge in [0.25, 0.3) is 0 Å². The number of amidine groups is 1. The maximum Gasteiger partial charge on any atom is 0.240 e. The van der Waals surface area contributed by atoms with Gasteiger partial charge in [-0.25, -0.2) is 0 Å². The summed E-state index contributed by atoms with van der Waals surface area (Å²) in [7, 11) is 0. The van der Waals surface area contributed by atoms with Crippen LogP contribution in [0.25, 0.3) is 10.9 Å². The van der Waals surface area contributed by atoms with Crippen LogP contribution in [0.4, 0.5) is 5.69 Å². The average Bonchev–Trinajstić information content (AvgIpc) is 3.27.